The van der Waals surface area contributed by atoms with Crippen LogP contribution in [0.2, 0.25) is 0 Å². The molecule has 9 heteroatoms. The van der Waals surface area contributed by atoms with Crippen molar-refractivity contribution in [1.29, 1.82) is 0 Å². The Balaban J connectivity index is 2.66. The van der Waals surface area contributed by atoms with Gasteiger partial charge in [0.05, 0.1) is 12.7 Å². The molecule has 0 amide bonds. The molecule has 2 aromatic rings. The highest BCUT2D eigenvalue weighted by Crippen LogP contribution is 2.31. The molecule has 0 saturated heterocycles. The summed E-state index contributed by atoms with van der Waals surface area (Å²) in [6, 6.07) is 3.35. The summed E-state index contributed by atoms with van der Waals surface area (Å²) in [4.78, 5) is 12.1. The van der Waals surface area contributed by atoms with Crippen molar-refractivity contribution in [3.05, 3.63) is 23.4 Å². The van der Waals surface area contributed by atoms with Crippen LogP contribution in [-0.4, -0.2) is 51.3 Å². The number of esters is 1. The summed E-state index contributed by atoms with van der Waals surface area (Å²) in [5.41, 5.74) is 1.62. The van der Waals surface area contributed by atoms with Crippen molar-refractivity contribution < 1.29 is 24.3 Å². The summed E-state index contributed by atoms with van der Waals surface area (Å²) in [5.74, 6) is -0.380. The van der Waals surface area contributed by atoms with Gasteiger partial charge in [0.25, 0.3) is 0 Å². The quantitative estimate of drug-likeness (QED) is 0.518. The van der Waals surface area contributed by atoms with E-state index in [4.69, 9.17) is 9.47 Å². The number of nitrogens with zero attached hydrogens (tertiary/aromatic N) is 2. The Bertz CT molecular complexity index is 730. The van der Waals surface area contributed by atoms with Crippen LogP contribution in [-0.2, 0) is 4.74 Å². The van der Waals surface area contributed by atoms with E-state index in [-0.39, 0.29) is 35.3 Å². The molecule has 1 aromatic heterocycles. The fraction of sp³-hybridized carbons (Fsp3) is 0.400. The normalized spacial score (nSPS) is 10.8. The number of aromatic nitrogens is 3. The number of benzene rings is 1. The molecule has 2 rings (SSSR count). The largest absolute Gasteiger partial charge is 0.492 e. The number of nitrogens with one attached hydrogen (secondary N) is 1. The van der Waals surface area contributed by atoms with Crippen molar-refractivity contribution >= 4 is 18.6 Å². The van der Waals surface area contributed by atoms with Gasteiger partial charge >= 0.3 is 13.1 Å². The minimum absolute atomic E-state index is 0.00874. The Morgan fingerprint density at radius 2 is 2.04 bits per heavy atom. The fourth-order valence-electron chi connectivity index (χ4n) is 2.30. The molecular formula is C15H20BN3O5. The van der Waals surface area contributed by atoms with Gasteiger partial charge in [-0.1, -0.05) is 11.6 Å². The zero-order valence-corrected chi connectivity index (χ0v) is 14.0. The van der Waals surface area contributed by atoms with E-state index < -0.39 is 13.1 Å². The van der Waals surface area contributed by atoms with Gasteiger partial charge < -0.3 is 19.5 Å². The van der Waals surface area contributed by atoms with E-state index in [1.807, 2.05) is 13.8 Å². The molecule has 128 valence electrons. The molecular weight excluding hydrogens is 313 g/mol. The second-order valence-corrected chi connectivity index (χ2v) is 5.51. The van der Waals surface area contributed by atoms with Crippen LogP contribution in [0.3, 0.4) is 0 Å². The Hall–Kier alpha value is -2.39. The molecule has 0 radical (unpaired) electrons. The lowest BCUT2D eigenvalue weighted by molar-refractivity contribution is 0.0520. The van der Waals surface area contributed by atoms with Crippen molar-refractivity contribution in [3.8, 4) is 17.0 Å². The Morgan fingerprint density at radius 1 is 1.33 bits per heavy atom. The monoisotopic (exact) mass is 333 g/mol. The molecule has 0 unspecified atom stereocenters. The molecule has 0 aliphatic carbocycles. The molecule has 0 aliphatic heterocycles. The zero-order chi connectivity index (χ0) is 17.9. The van der Waals surface area contributed by atoms with Crippen molar-refractivity contribution in [1.82, 2.24) is 15.4 Å². The molecule has 0 atom stereocenters. The molecule has 0 bridgehead atoms. The van der Waals surface area contributed by atoms with Crippen LogP contribution in [0, 0.1) is 6.92 Å². The molecule has 3 N–H and O–H groups in total. The summed E-state index contributed by atoms with van der Waals surface area (Å²) in [5, 5.41) is 29.6. The van der Waals surface area contributed by atoms with Gasteiger partial charge in [-0.3, -0.25) is 0 Å². The van der Waals surface area contributed by atoms with E-state index in [9.17, 15) is 14.8 Å². The van der Waals surface area contributed by atoms with Gasteiger partial charge in [0.15, 0.2) is 5.69 Å². The molecule has 0 spiro atoms. The highest BCUT2D eigenvalue weighted by molar-refractivity contribution is 6.60. The number of aromatic amines is 1. The first kappa shape index (κ1) is 18.0. The summed E-state index contributed by atoms with van der Waals surface area (Å²) in [6.07, 6.45) is -0.220. The van der Waals surface area contributed by atoms with Crippen LogP contribution in [0.4, 0.5) is 0 Å². The van der Waals surface area contributed by atoms with Crippen LogP contribution in [0.5, 0.6) is 5.75 Å². The van der Waals surface area contributed by atoms with Crippen LogP contribution >= 0.6 is 0 Å². The van der Waals surface area contributed by atoms with Crippen molar-refractivity contribution in [2.45, 2.75) is 33.8 Å². The smallest absolute Gasteiger partial charge is 0.491 e. The first-order valence-corrected chi connectivity index (χ1v) is 7.60. The lowest BCUT2D eigenvalue weighted by atomic mass is 9.77. The summed E-state index contributed by atoms with van der Waals surface area (Å²) in [6.45, 7) is 7.31. The first-order chi connectivity index (χ1) is 11.3. The number of H-pyrrole nitrogens is 1. The third kappa shape index (κ3) is 3.74. The average molecular weight is 333 g/mol. The highest BCUT2D eigenvalue weighted by Gasteiger charge is 2.27. The second-order valence-electron chi connectivity index (χ2n) is 5.51. The van der Waals surface area contributed by atoms with Gasteiger partial charge in [-0.2, -0.15) is 10.3 Å². The van der Waals surface area contributed by atoms with Crippen molar-refractivity contribution in [2.24, 2.45) is 0 Å². The number of ether oxygens (including phenoxy) is 2. The number of rotatable bonds is 6. The number of carbonyl (C=O) groups excluding carboxylic acids is 1. The maximum Gasteiger partial charge on any atom is 0.492 e. The summed E-state index contributed by atoms with van der Waals surface area (Å²) in [7, 11) is -1.73. The molecule has 1 aromatic carbocycles. The number of hydrogen-bond donors (Lipinski definition) is 3. The minimum Gasteiger partial charge on any atom is -0.491 e. The Kier molecular flexibility index (Phi) is 5.58. The molecule has 8 nitrogen and oxygen atoms in total. The van der Waals surface area contributed by atoms with E-state index in [2.05, 4.69) is 15.4 Å². The molecule has 24 heavy (non-hydrogen) atoms. The first-order valence-electron chi connectivity index (χ1n) is 7.60. The Labute approximate surface area is 139 Å². The number of hydrogen-bond acceptors (Lipinski definition) is 7. The minimum atomic E-state index is -1.73. The topological polar surface area (TPSA) is 118 Å². The lowest BCUT2D eigenvalue weighted by Crippen LogP contribution is -2.33. The predicted octanol–water partition coefficient (Wildman–Crippen LogP) is 0.424. The van der Waals surface area contributed by atoms with Gasteiger partial charge in [-0.25, -0.2) is 4.79 Å². The van der Waals surface area contributed by atoms with E-state index in [0.29, 0.717) is 5.56 Å². The molecule has 0 fully saturated rings. The average Bonchev–Trinajstić information content (AvgIpc) is 2.97. The van der Waals surface area contributed by atoms with Crippen molar-refractivity contribution in [3.63, 3.8) is 0 Å². The highest BCUT2D eigenvalue weighted by atomic mass is 16.5. The number of carbonyl (C=O) groups is 1. The maximum absolute atomic E-state index is 12.1. The van der Waals surface area contributed by atoms with Gasteiger partial charge in [-0.15, -0.1) is 5.10 Å². The maximum atomic E-state index is 12.1. The fourth-order valence-corrected chi connectivity index (χ4v) is 2.30. The van der Waals surface area contributed by atoms with Gasteiger partial charge in [0.2, 0.25) is 0 Å². The molecule has 0 aliphatic rings. The van der Waals surface area contributed by atoms with Gasteiger partial charge in [0, 0.05) is 11.0 Å². The van der Waals surface area contributed by atoms with E-state index in [1.54, 1.807) is 26.0 Å². The van der Waals surface area contributed by atoms with Crippen molar-refractivity contribution in [2.75, 3.05) is 6.61 Å². The third-order valence-electron chi connectivity index (χ3n) is 3.17. The van der Waals surface area contributed by atoms with E-state index >= 15 is 0 Å². The third-order valence-corrected chi connectivity index (χ3v) is 3.17. The summed E-state index contributed by atoms with van der Waals surface area (Å²) >= 11 is 0. The van der Waals surface area contributed by atoms with Crippen LogP contribution < -0.4 is 10.2 Å². The predicted molar refractivity (Wildman–Crippen MR) is 88.1 cm³/mol. The molecule has 1 heterocycles. The molecule has 0 saturated carbocycles. The second kappa shape index (κ2) is 7.46. The lowest BCUT2D eigenvalue weighted by Gasteiger charge is -2.18. The van der Waals surface area contributed by atoms with Crippen LogP contribution in [0.25, 0.3) is 11.3 Å². The van der Waals surface area contributed by atoms with E-state index in [1.165, 1.54) is 0 Å². The van der Waals surface area contributed by atoms with Gasteiger partial charge in [0.1, 0.15) is 11.4 Å². The SMILES string of the molecule is CCOC(=O)c1n[nH]nc1-c1cc(C)cc(B(O)O)c1OC(C)C. The summed E-state index contributed by atoms with van der Waals surface area (Å²) < 4.78 is 10.7. The standard InChI is InChI=1S/C15H20BN3O5/c1-5-23-15(20)13-12(17-19-18-13)10-6-9(4)7-11(16(21)22)14(10)24-8(2)3/h6-8,21-22H,5H2,1-4H3,(H,17,18,19). The van der Waals surface area contributed by atoms with E-state index in [0.717, 1.165) is 5.56 Å². The van der Waals surface area contributed by atoms with Crippen LogP contribution in [0.15, 0.2) is 12.1 Å². The van der Waals surface area contributed by atoms with Gasteiger partial charge in [-0.05, 0) is 33.8 Å². The Morgan fingerprint density at radius 3 is 2.62 bits per heavy atom. The zero-order valence-electron chi connectivity index (χ0n) is 14.0. The number of aryl methyl sites for hydroxylation is 1. The van der Waals surface area contributed by atoms with Crippen LogP contribution in [0.1, 0.15) is 36.8 Å².